The number of nitrogens with one attached hydrogen (secondary N) is 1. The van der Waals surface area contributed by atoms with E-state index in [1.165, 1.54) is 0 Å². The van der Waals surface area contributed by atoms with Gasteiger partial charge in [-0.1, -0.05) is 0 Å². The van der Waals surface area contributed by atoms with Crippen LogP contribution in [0.25, 0.3) is 0 Å². The van der Waals surface area contributed by atoms with Crippen molar-refractivity contribution in [2.24, 2.45) is 11.5 Å². The average Bonchev–Trinajstić information content (AvgIpc) is 1.65. The van der Waals surface area contributed by atoms with Crippen LogP contribution in [0.15, 0.2) is 0 Å². The number of hydrogen-bond donors (Lipinski definition) is 4. The fourth-order valence-electron chi connectivity index (χ4n) is 0. The van der Waals surface area contributed by atoms with E-state index < -0.39 is 0 Å². The van der Waals surface area contributed by atoms with E-state index >= 15 is 0 Å². The predicted molar refractivity (Wildman–Crippen MR) is 45.5 cm³/mol. The molecule has 0 saturated heterocycles. The van der Waals surface area contributed by atoms with Gasteiger partial charge in [-0.25, -0.2) is 0 Å². The summed E-state index contributed by atoms with van der Waals surface area (Å²) in [6, 6.07) is 0. The van der Waals surface area contributed by atoms with Crippen LogP contribution in [-0.2, 0) is 0 Å². The molecule has 0 aliphatic carbocycles. The topological polar surface area (TPSA) is 91.7 Å². The van der Waals surface area contributed by atoms with Crippen molar-refractivity contribution in [1.29, 1.82) is 0 Å². The largest absolute Gasteiger partial charge is 1.00 e. The molecule has 0 saturated carbocycles. The third-order valence-corrected chi connectivity index (χ3v) is 0.483. The molecule has 0 heterocycles. The summed E-state index contributed by atoms with van der Waals surface area (Å²) < 4.78 is 0. The highest BCUT2D eigenvalue weighted by Gasteiger charge is 1.73. The highest BCUT2D eigenvalue weighted by Crippen LogP contribution is 1.39. The first kappa shape index (κ1) is 16.7. The van der Waals surface area contributed by atoms with Crippen molar-refractivity contribution in [3.05, 3.63) is 0 Å². The summed E-state index contributed by atoms with van der Waals surface area (Å²) >= 11 is 8.57. The van der Waals surface area contributed by atoms with E-state index in [0.29, 0.717) is 5.11 Å². The van der Waals surface area contributed by atoms with Crippen LogP contribution in [0.1, 0.15) is 0 Å². The van der Waals surface area contributed by atoms with Crippen LogP contribution in [0.3, 0.4) is 0 Å². The van der Waals surface area contributed by atoms with E-state index in [9.17, 15) is 0 Å². The van der Waals surface area contributed by atoms with Gasteiger partial charge in [0.05, 0.1) is 0 Å². The van der Waals surface area contributed by atoms with Crippen molar-refractivity contribution in [2.75, 3.05) is 7.05 Å². The first-order valence-electron chi connectivity index (χ1n) is 2.09. The van der Waals surface area contributed by atoms with Crippen LogP contribution in [0.2, 0.25) is 0 Å². The number of halogens is 1. The Morgan fingerprint density at radius 2 is 1.50 bits per heavy atom. The second-order valence-corrected chi connectivity index (χ2v) is 2.04. The summed E-state index contributed by atoms with van der Waals surface area (Å²) in [4.78, 5) is 0. The van der Waals surface area contributed by atoms with Crippen LogP contribution in [0, 0.1) is 0 Å². The zero-order chi connectivity index (χ0) is 7.86. The van der Waals surface area contributed by atoms with Gasteiger partial charge in [-0.15, -0.1) is 0 Å². The van der Waals surface area contributed by atoms with Crippen LogP contribution in [0.4, 0.5) is 0 Å². The molecule has 0 aromatic heterocycles. The minimum atomic E-state index is 0. The molecule has 0 aromatic carbocycles. The van der Waals surface area contributed by atoms with Crippen LogP contribution < -0.4 is 46.5 Å². The van der Waals surface area contributed by atoms with Gasteiger partial charge >= 0.3 is 0 Å². The summed E-state index contributed by atoms with van der Waals surface area (Å²) in [6.07, 6.45) is 0. The fourth-order valence-corrected chi connectivity index (χ4v) is 0. The van der Waals surface area contributed by atoms with Gasteiger partial charge in [0.25, 0.3) is 5.11 Å². The van der Waals surface area contributed by atoms with Gasteiger partial charge in [0, 0.05) is 19.3 Å². The zero-order valence-corrected chi connectivity index (χ0v) is 9.35. The predicted octanol–water partition coefficient (Wildman–Crippen LogP) is -5.07. The normalized spacial score (nSPS) is 5.80. The Labute approximate surface area is 87.9 Å². The highest BCUT2D eigenvalue weighted by atomic mass is 127. The molecule has 62 valence electrons. The standard InChI is InChI=1S/C2H6N2S.CH4N2S.HI/c1-4-2(3)5;2-1(3)4;/h1H3,(H3,3,4,5);(H4,2,3,4);1H. The van der Waals surface area contributed by atoms with Gasteiger partial charge in [0.15, 0.2) is 5.11 Å². The molecule has 0 unspecified atom stereocenters. The zero-order valence-electron chi connectivity index (χ0n) is 5.56. The molecule has 0 amide bonds. The van der Waals surface area contributed by atoms with Crippen molar-refractivity contribution in [1.82, 2.24) is 5.32 Å². The quantitative estimate of drug-likeness (QED) is 0.265. The lowest BCUT2D eigenvalue weighted by molar-refractivity contribution is -0.214. The van der Waals surface area contributed by atoms with Gasteiger partial charge in [0.2, 0.25) is 0 Å². The lowest BCUT2D eigenvalue weighted by Gasteiger charge is -1.79. The van der Waals surface area contributed by atoms with Gasteiger partial charge in [-0.2, -0.15) is 0 Å². The van der Waals surface area contributed by atoms with E-state index in [0.717, 1.165) is 0 Å². The monoisotopic (exact) mass is 294 g/mol. The van der Waals surface area contributed by atoms with Gasteiger partial charge in [0.1, 0.15) is 0 Å². The Balaban J connectivity index is -0.0000000910. The van der Waals surface area contributed by atoms with Gasteiger partial charge < -0.3 is 46.5 Å². The van der Waals surface area contributed by atoms with E-state index in [1.807, 2.05) is 0 Å². The molecule has 8 N–H and O–H groups in total. The summed E-state index contributed by atoms with van der Waals surface area (Å²) in [6.45, 7) is 0. The molecule has 0 bridgehead atoms. The number of hydrogen-bond acceptors (Lipinski definition) is 2. The molecule has 0 rings (SSSR count). The third kappa shape index (κ3) is 84.8. The Bertz CT molecular complexity index is 103. The molecule has 0 aliphatic rings. The first-order chi connectivity index (χ1) is 4.00. The Kier molecular flexibility index (Phi) is 20.0. The molecule has 0 spiro atoms. The molecule has 0 atom stereocenters. The second-order valence-electron chi connectivity index (χ2n) is 1.08. The molecular weight excluding hydrogens is 283 g/mol. The van der Waals surface area contributed by atoms with Crippen molar-refractivity contribution in [2.45, 2.75) is 0 Å². The number of rotatable bonds is 0. The number of thiocarbonyl (C=S) groups is 2. The number of quaternary nitrogens is 1. The summed E-state index contributed by atoms with van der Waals surface area (Å²) in [5, 5.41) is 3.24. The molecule has 4 nitrogen and oxygen atoms in total. The van der Waals surface area contributed by atoms with Crippen molar-refractivity contribution < 1.29 is 29.7 Å². The molecular formula is C3H11IN4S2. The van der Waals surface area contributed by atoms with Gasteiger partial charge in [-0.05, 0) is 12.2 Å². The molecule has 10 heavy (non-hydrogen) atoms. The summed E-state index contributed by atoms with van der Waals surface area (Å²) in [5.41, 5.74) is 12.6. The molecule has 0 fully saturated rings. The second kappa shape index (κ2) is 12.0. The van der Waals surface area contributed by atoms with Crippen LogP contribution in [0.5, 0.6) is 0 Å². The average molecular weight is 294 g/mol. The molecule has 0 radical (unpaired) electrons. The Morgan fingerprint density at radius 1 is 1.40 bits per heavy atom. The first-order valence-corrected chi connectivity index (χ1v) is 2.91. The summed E-state index contributed by atoms with van der Waals surface area (Å²) in [5.74, 6) is 0. The van der Waals surface area contributed by atoms with E-state index in [4.69, 9.17) is 0 Å². The van der Waals surface area contributed by atoms with E-state index in [2.05, 4.69) is 47.0 Å². The summed E-state index contributed by atoms with van der Waals surface area (Å²) in [7, 11) is 1.75. The third-order valence-electron chi connectivity index (χ3n) is 0.279. The maximum absolute atomic E-state index is 4.62. The lowest BCUT2D eigenvalue weighted by Crippen LogP contribution is -3.00. The Morgan fingerprint density at radius 3 is 1.50 bits per heavy atom. The Hall–Kier alpha value is 0.270. The molecule has 7 heteroatoms. The molecule has 0 aromatic rings. The molecule has 0 aliphatic heterocycles. The van der Waals surface area contributed by atoms with Crippen LogP contribution in [-0.4, -0.2) is 17.3 Å². The maximum atomic E-state index is 4.62. The van der Waals surface area contributed by atoms with E-state index in [1.54, 1.807) is 7.05 Å². The van der Waals surface area contributed by atoms with Crippen molar-refractivity contribution in [3.63, 3.8) is 0 Å². The van der Waals surface area contributed by atoms with Crippen molar-refractivity contribution in [3.8, 4) is 0 Å². The maximum Gasteiger partial charge on any atom is 0.264 e. The van der Waals surface area contributed by atoms with Gasteiger partial charge in [-0.3, -0.25) is 0 Å². The SMILES string of the molecule is CNC([NH3+])=S.NC(N)=S.[I-]. The number of nitrogens with two attached hydrogens (primary N) is 2. The lowest BCUT2D eigenvalue weighted by atomic mass is 11.1. The highest BCUT2D eigenvalue weighted by molar-refractivity contribution is 7.80. The van der Waals surface area contributed by atoms with Crippen molar-refractivity contribution >= 4 is 34.7 Å². The fraction of sp³-hybridized carbons (Fsp3) is 0.333. The van der Waals surface area contributed by atoms with Crippen LogP contribution >= 0.6 is 24.4 Å². The van der Waals surface area contributed by atoms with E-state index in [-0.39, 0.29) is 29.1 Å². The minimum absolute atomic E-state index is 0. The minimum Gasteiger partial charge on any atom is -1.00 e. The smallest absolute Gasteiger partial charge is 0.264 e.